The van der Waals surface area contributed by atoms with Crippen LogP contribution in [0.2, 0.25) is 0 Å². The Morgan fingerprint density at radius 3 is 1.73 bits per heavy atom. The van der Waals surface area contributed by atoms with Crippen molar-refractivity contribution in [3.05, 3.63) is 0 Å². The molecule has 88 valence electrons. The fraction of sp³-hybridized carbons (Fsp3) is 1.00. The van der Waals surface area contributed by atoms with E-state index >= 15 is 0 Å². The number of aliphatic hydroxyl groups excluding tert-OH is 2. The molecule has 3 heteroatoms. The number of hydrogen-bond donors (Lipinski definition) is 3. The van der Waals surface area contributed by atoms with Crippen LogP contribution in [0, 0.1) is 0 Å². The highest BCUT2D eigenvalue weighted by Gasteiger charge is 2.52. The largest absolute Gasteiger partial charge is 0.396 e. The summed E-state index contributed by atoms with van der Waals surface area (Å²) < 4.78 is 0. The van der Waals surface area contributed by atoms with E-state index in [0.717, 1.165) is 19.3 Å². The molecule has 0 amide bonds. The van der Waals surface area contributed by atoms with Crippen LogP contribution in [0.1, 0.15) is 51.4 Å². The van der Waals surface area contributed by atoms with E-state index in [0.29, 0.717) is 0 Å². The highest BCUT2D eigenvalue weighted by Crippen LogP contribution is 2.46. The Bertz CT molecular complexity index is 192. The van der Waals surface area contributed by atoms with Crippen LogP contribution in [-0.2, 0) is 0 Å². The highest BCUT2D eigenvalue weighted by atomic mass is 16.3. The molecule has 0 aromatic carbocycles. The van der Waals surface area contributed by atoms with Crippen LogP contribution in [0.5, 0.6) is 0 Å². The zero-order valence-electron chi connectivity index (χ0n) is 9.47. The number of fused-ring (bicyclic) bond motifs is 4. The molecule has 3 nitrogen and oxygen atoms in total. The van der Waals surface area contributed by atoms with Crippen LogP contribution in [0.15, 0.2) is 0 Å². The van der Waals surface area contributed by atoms with Gasteiger partial charge in [-0.3, -0.25) is 0 Å². The predicted octanol–water partition coefficient (Wildman–Crippen LogP) is 1.19. The first kappa shape index (κ1) is 11.4. The first-order valence-corrected chi connectivity index (χ1v) is 6.25. The van der Waals surface area contributed by atoms with Crippen LogP contribution < -0.4 is 5.32 Å². The lowest BCUT2D eigenvalue weighted by atomic mass is 9.63. The van der Waals surface area contributed by atoms with Crippen molar-refractivity contribution in [1.29, 1.82) is 0 Å². The minimum absolute atomic E-state index is 0.199. The maximum atomic E-state index is 9.09. The van der Waals surface area contributed by atoms with E-state index < -0.39 is 0 Å². The number of hydrogen-bond acceptors (Lipinski definition) is 3. The summed E-state index contributed by atoms with van der Waals surface area (Å²) in [7, 11) is 0. The van der Waals surface area contributed by atoms with Crippen molar-refractivity contribution in [2.24, 2.45) is 0 Å². The van der Waals surface area contributed by atoms with E-state index in [4.69, 9.17) is 10.2 Å². The van der Waals surface area contributed by atoms with E-state index in [2.05, 4.69) is 5.32 Å². The molecule has 2 heterocycles. The minimum atomic E-state index is 0.199. The topological polar surface area (TPSA) is 52.5 Å². The van der Waals surface area contributed by atoms with Crippen molar-refractivity contribution in [1.82, 2.24) is 5.32 Å². The molecule has 3 N–H and O–H groups in total. The van der Waals surface area contributed by atoms with Gasteiger partial charge in [-0.15, -0.1) is 0 Å². The summed E-state index contributed by atoms with van der Waals surface area (Å²) in [5.41, 5.74) is 0.397. The molecule has 2 aliphatic heterocycles. The van der Waals surface area contributed by atoms with E-state index in [1.807, 2.05) is 0 Å². The van der Waals surface area contributed by atoms with Crippen LogP contribution in [0.3, 0.4) is 0 Å². The van der Waals surface area contributed by atoms with Crippen molar-refractivity contribution < 1.29 is 10.2 Å². The number of aliphatic hydroxyl groups is 2. The zero-order valence-corrected chi connectivity index (χ0v) is 9.47. The van der Waals surface area contributed by atoms with Crippen LogP contribution in [-0.4, -0.2) is 34.5 Å². The minimum Gasteiger partial charge on any atom is -0.396 e. The fourth-order valence-electron chi connectivity index (χ4n) is 3.58. The second-order valence-corrected chi connectivity index (χ2v) is 5.37. The molecule has 0 radical (unpaired) electrons. The van der Waals surface area contributed by atoms with Crippen molar-refractivity contribution in [2.75, 3.05) is 13.2 Å². The number of nitrogens with one attached hydrogen (secondary N) is 1. The average molecular weight is 213 g/mol. The summed E-state index contributed by atoms with van der Waals surface area (Å²) in [6.45, 7) is 0.560. The van der Waals surface area contributed by atoms with Gasteiger partial charge in [0.15, 0.2) is 0 Å². The molecule has 2 unspecified atom stereocenters. The van der Waals surface area contributed by atoms with E-state index in [9.17, 15) is 0 Å². The first-order valence-electron chi connectivity index (χ1n) is 6.25. The van der Waals surface area contributed by atoms with Crippen LogP contribution in [0.25, 0.3) is 0 Å². The van der Waals surface area contributed by atoms with Crippen molar-refractivity contribution in [3.8, 4) is 0 Å². The van der Waals surface area contributed by atoms with Gasteiger partial charge in [-0.2, -0.15) is 0 Å². The average Bonchev–Trinajstić information content (AvgIpc) is 2.10. The molecule has 1 aliphatic carbocycles. The molecule has 0 spiro atoms. The van der Waals surface area contributed by atoms with Crippen molar-refractivity contribution in [2.45, 2.75) is 62.4 Å². The standard InChI is InChI=1S/C12H23NO2/c14-8-6-11-4-2-1-3-5-12(10-11,13-11)7-9-15/h13-15H,1-10H2. The van der Waals surface area contributed by atoms with Crippen LogP contribution in [0.4, 0.5) is 0 Å². The summed E-state index contributed by atoms with van der Waals surface area (Å²) in [6, 6.07) is 0. The summed E-state index contributed by atoms with van der Waals surface area (Å²) >= 11 is 0. The van der Waals surface area contributed by atoms with E-state index in [1.165, 1.54) is 32.1 Å². The molecule has 3 rings (SSSR count). The molecule has 2 bridgehead atoms. The van der Waals surface area contributed by atoms with Gasteiger partial charge in [0.05, 0.1) is 0 Å². The second kappa shape index (κ2) is 4.40. The van der Waals surface area contributed by atoms with Gasteiger partial charge in [0, 0.05) is 24.3 Å². The molecular weight excluding hydrogens is 190 g/mol. The summed E-state index contributed by atoms with van der Waals surface area (Å²) in [6.07, 6.45) is 9.16. The Kier molecular flexibility index (Phi) is 3.33. The molecular formula is C12H23NO2. The van der Waals surface area contributed by atoms with Crippen molar-refractivity contribution in [3.63, 3.8) is 0 Å². The van der Waals surface area contributed by atoms with Gasteiger partial charge in [0.2, 0.25) is 0 Å². The molecule has 0 aromatic rings. The normalized spacial score (nSPS) is 40.4. The van der Waals surface area contributed by atoms with E-state index in [1.54, 1.807) is 0 Å². The molecule has 3 fully saturated rings. The maximum Gasteiger partial charge on any atom is 0.0448 e. The highest BCUT2D eigenvalue weighted by molar-refractivity contribution is 5.13. The SMILES string of the molecule is OCCC12CCCCCC(CCO)(C1)N2. The quantitative estimate of drug-likeness (QED) is 0.657. The van der Waals surface area contributed by atoms with E-state index in [-0.39, 0.29) is 24.3 Å². The maximum absolute atomic E-state index is 9.09. The summed E-state index contributed by atoms with van der Waals surface area (Å²) in [5.74, 6) is 0. The van der Waals surface area contributed by atoms with Gasteiger partial charge in [-0.1, -0.05) is 19.3 Å². The van der Waals surface area contributed by atoms with Crippen molar-refractivity contribution >= 4 is 0 Å². The predicted molar refractivity (Wildman–Crippen MR) is 59.7 cm³/mol. The van der Waals surface area contributed by atoms with Gasteiger partial charge in [-0.25, -0.2) is 0 Å². The monoisotopic (exact) mass is 213 g/mol. The third-order valence-corrected chi connectivity index (χ3v) is 4.20. The van der Waals surface area contributed by atoms with Gasteiger partial charge in [0.25, 0.3) is 0 Å². The first-order chi connectivity index (χ1) is 7.24. The Morgan fingerprint density at radius 1 is 0.867 bits per heavy atom. The van der Waals surface area contributed by atoms with Gasteiger partial charge in [-0.05, 0) is 32.1 Å². The fourth-order valence-corrected chi connectivity index (χ4v) is 3.58. The lowest BCUT2D eigenvalue weighted by Crippen LogP contribution is -2.72. The zero-order chi connectivity index (χ0) is 10.8. The Balaban J connectivity index is 1.99. The lowest BCUT2D eigenvalue weighted by Gasteiger charge is -2.60. The Labute approximate surface area is 91.9 Å². The number of rotatable bonds is 4. The molecule has 0 aromatic heterocycles. The second-order valence-electron chi connectivity index (χ2n) is 5.37. The smallest absolute Gasteiger partial charge is 0.0448 e. The lowest BCUT2D eigenvalue weighted by molar-refractivity contribution is -0.0166. The van der Waals surface area contributed by atoms with Crippen LogP contribution >= 0.6 is 0 Å². The summed E-state index contributed by atoms with van der Waals surface area (Å²) in [5, 5.41) is 21.9. The molecule has 2 atom stereocenters. The molecule has 1 saturated carbocycles. The van der Waals surface area contributed by atoms with Gasteiger partial charge >= 0.3 is 0 Å². The van der Waals surface area contributed by atoms with Gasteiger partial charge in [0.1, 0.15) is 0 Å². The van der Waals surface area contributed by atoms with Gasteiger partial charge < -0.3 is 15.5 Å². The molecule has 2 saturated heterocycles. The Morgan fingerprint density at radius 2 is 1.33 bits per heavy atom. The Hall–Kier alpha value is -0.120. The molecule has 15 heavy (non-hydrogen) atoms. The summed E-state index contributed by atoms with van der Waals surface area (Å²) in [4.78, 5) is 0. The molecule has 3 aliphatic rings. The third-order valence-electron chi connectivity index (χ3n) is 4.20. The third kappa shape index (κ3) is 2.19.